The van der Waals surface area contributed by atoms with Gasteiger partial charge in [-0.05, 0) is 18.6 Å². The van der Waals surface area contributed by atoms with Gasteiger partial charge in [-0.2, -0.15) is 5.26 Å². The Hall–Kier alpha value is -1.65. The third-order valence-electron chi connectivity index (χ3n) is 1.92. The fourth-order valence-electron chi connectivity index (χ4n) is 1.14. The van der Waals surface area contributed by atoms with Gasteiger partial charge in [0.05, 0.1) is 18.1 Å². The second kappa shape index (κ2) is 6.18. The molecule has 0 aliphatic carbocycles. The van der Waals surface area contributed by atoms with Gasteiger partial charge in [0.25, 0.3) is 0 Å². The molecule has 1 heterocycles. The molecule has 0 aliphatic heterocycles. The van der Waals surface area contributed by atoms with E-state index in [0.717, 1.165) is 11.9 Å². The summed E-state index contributed by atoms with van der Waals surface area (Å²) >= 11 is 0. The molecule has 92 valence electrons. The van der Waals surface area contributed by atoms with Crippen LogP contribution in [0.15, 0.2) is 18.3 Å². The summed E-state index contributed by atoms with van der Waals surface area (Å²) in [5, 5.41) is 11.6. The third-order valence-corrected chi connectivity index (χ3v) is 2.65. The summed E-state index contributed by atoms with van der Waals surface area (Å²) in [5.74, 6) is 0. The van der Waals surface area contributed by atoms with E-state index in [2.05, 4.69) is 15.0 Å². The highest BCUT2D eigenvalue weighted by Crippen LogP contribution is 2.04. The van der Waals surface area contributed by atoms with Crippen molar-refractivity contribution in [3.63, 3.8) is 0 Å². The average Bonchev–Trinajstić information content (AvgIpc) is 2.28. The standard InChI is InChI=1S/C10H14N4O2S/c1-17(15,16)14-6-2-5-12-10-4-3-9(7-11)13-8-10/h3-4,8,12,14H,2,5-6H2,1H3. The summed E-state index contributed by atoms with van der Waals surface area (Å²) in [6.07, 6.45) is 3.38. The van der Waals surface area contributed by atoms with E-state index in [4.69, 9.17) is 5.26 Å². The minimum absolute atomic E-state index is 0.370. The van der Waals surface area contributed by atoms with Crippen LogP contribution < -0.4 is 10.0 Å². The van der Waals surface area contributed by atoms with Gasteiger partial charge in [0, 0.05) is 13.1 Å². The first-order chi connectivity index (χ1) is 8.01. The molecule has 0 aromatic carbocycles. The maximum absolute atomic E-state index is 10.8. The van der Waals surface area contributed by atoms with Crippen molar-refractivity contribution in [1.29, 1.82) is 5.26 Å². The van der Waals surface area contributed by atoms with Crippen molar-refractivity contribution >= 4 is 15.7 Å². The molecule has 0 bridgehead atoms. The predicted octanol–water partition coefficient (Wildman–Crippen LogP) is 0.304. The molecule has 0 radical (unpaired) electrons. The molecule has 17 heavy (non-hydrogen) atoms. The maximum Gasteiger partial charge on any atom is 0.208 e. The number of pyridine rings is 1. The first-order valence-corrected chi connectivity index (χ1v) is 6.95. The van der Waals surface area contributed by atoms with E-state index < -0.39 is 10.0 Å². The number of hydrogen-bond donors (Lipinski definition) is 2. The van der Waals surface area contributed by atoms with E-state index in [1.165, 1.54) is 0 Å². The number of sulfonamides is 1. The summed E-state index contributed by atoms with van der Waals surface area (Å²) in [5.41, 5.74) is 1.18. The Kier molecular flexibility index (Phi) is 4.87. The van der Waals surface area contributed by atoms with Crippen LogP contribution in [0.4, 0.5) is 5.69 Å². The van der Waals surface area contributed by atoms with E-state index in [1.54, 1.807) is 18.3 Å². The molecule has 0 atom stereocenters. The van der Waals surface area contributed by atoms with Gasteiger partial charge in [0.15, 0.2) is 0 Å². The highest BCUT2D eigenvalue weighted by Gasteiger charge is 1.98. The van der Waals surface area contributed by atoms with Crippen LogP contribution in [0.25, 0.3) is 0 Å². The van der Waals surface area contributed by atoms with E-state index >= 15 is 0 Å². The summed E-state index contributed by atoms with van der Waals surface area (Å²) in [6, 6.07) is 5.31. The number of hydrogen-bond acceptors (Lipinski definition) is 5. The number of anilines is 1. The van der Waals surface area contributed by atoms with Crippen molar-refractivity contribution in [1.82, 2.24) is 9.71 Å². The van der Waals surface area contributed by atoms with Gasteiger partial charge in [-0.1, -0.05) is 0 Å². The molecular weight excluding hydrogens is 240 g/mol. The van der Waals surface area contributed by atoms with Gasteiger partial charge in [-0.3, -0.25) is 0 Å². The first kappa shape index (κ1) is 13.4. The van der Waals surface area contributed by atoms with Crippen LogP contribution in [0.5, 0.6) is 0 Å². The largest absolute Gasteiger partial charge is 0.384 e. The third kappa shape index (κ3) is 5.85. The smallest absolute Gasteiger partial charge is 0.208 e. The Morgan fingerprint density at radius 2 is 2.18 bits per heavy atom. The van der Waals surface area contributed by atoms with Gasteiger partial charge in [0.2, 0.25) is 10.0 Å². The zero-order valence-electron chi connectivity index (χ0n) is 9.47. The van der Waals surface area contributed by atoms with Crippen molar-refractivity contribution in [2.75, 3.05) is 24.7 Å². The van der Waals surface area contributed by atoms with Gasteiger partial charge >= 0.3 is 0 Å². The lowest BCUT2D eigenvalue weighted by Crippen LogP contribution is -2.24. The van der Waals surface area contributed by atoms with E-state index in [9.17, 15) is 8.42 Å². The van der Waals surface area contributed by atoms with Crippen molar-refractivity contribution in [2.24, 2.45) is 0 Å². The molecular formula is C10H14N4O2S. The predicted molar refractivity (Wildman–Crippen MR) is 64.9 cm³/mol. The van der Waals surface area contributed by atoms with Crippen LogP contribution in [0.1, 0.15) is 12.1 Å². The molecule has 0 amide bonds. The van der Waals surface area contributed by atoms with Crippen LogP contribution in [0, 0.1) is 11.3 Å². The molecule has 6 nitrogen and oxygen atoms in total. The Balaban J connectivity index is 2.25. The second-order valence-corrected chi connectivity index (χ2v) is 5.32. The summed E-state index contributed by atoms with van der Waals surface area (Å²) < 4.78 is 23.9. The molecule has 1 aromatic rings. The average molecular weight is 254 g/mol. The Morgan fingerprint density at radius 1 is 1.41 bits per heavy atom. The minimum atomic E-state index is -3.10. The lowest BCUT2D eigenvalue weighted by atomic mass is 10.3. The second-order valence-electron chi connectivity index (χ2n) is 3.49. The van der Waals surface area contributed by atoms with Crippen molar-refractivity contribution in [2.45, 2.75) is 6.42 Å². The number of aromatic nitrogens is 1. The summed E-state index contributed by atoms with van der Waals surface area (Å²) in [7, 11) is -3.10. The number of nitrogens with zero attached hydrogens (tertiary/aromatic N) is 2. The van der Waals surface area contributed by atoms with Crippen molar-refractivity contribution < 1.29 is 8.42 Å². The molecule has 0 unspecified atom stereocenters. The topological polar surface area (TPSA) is 94.9 Å². The minimum Gasteiger partial charge on any atom is -0.384 e. The van der Waals surface area contributed by atoms with Crippen LogP contribution in [0.3, 0.4) is 0 Å². The number of rotatable bonds is 6. The Labute approximate surface area is 101 Å². The Bertz CT molecular complexity index is 490. The highest BCUT2D eigenvalue weighted by atomic mass is 32.2. The fraction of sp³-hybridized carbons (Fsp3) is 0.400. The van der Waals surface area contributed by atoms with E-state index in [-0.39, 0.29) is 0 Å². The summed E-state index contributed by atoms with van der Waals surface area (Å²) in [6.45, 7) is 1.03. The lowest BCUT2D eigenvalue weighted by Gasteiger charge is -2.05. The zero-order valence-corrected chi connectivity index (χ0v) is 10.3. The van der Waals surface area contributed by atoms with Crippen LogP contribution in [0.2, 0.25) is 0 Å². The Morgan fingerprint density at radius 3 is 2.71 bits per heavy atom. The van der Waals surface area contributed by atoms with E-state index in [1.807, 2.05) is 6.07 Å². The van der Waals surface area contributed by atoms with Crippen molar-refractivity contribution in [3.05, 3.63) is 24.0 Å². The molecule has 0 saturated carbocycles. The molecule has 0 saturated heterocycles. The molecule has 2 N–H and O–H groups in total. The molecule has 1 rings (SSSR count). The molecule has 1 aromatic heterocycles. The van der Waals surface area contributed by atoms with Gasteiger partial charge in [0.1, 0.15) is 11.8 Å². The normalized spacial score (nSPS) is 10.8. The van der Waals surface area contributed by atoms with Gasteiger partial charge in [-0.25, -0.2) is 18.1 Å². The first-order valence-electron chi connectivity index (χ1n) is 5.06. The van der Waals surface area contributed by atoms with Crippen LogP contribution in [-0.2, 0) is 10.0 Å². The molecule has 0 aliphatic rings. The SMILES string of the molecule is CS(=O)(=O)NCCCNc1ccc(C#N)nc1. The van der Waals surface area contributed by atoms with Crippen molar-refractivity contribution in [3.8, 4) is 6.07 Å². The number of nitrogens with one attached hydrogen (secondary N) is 2. The highest BCUT2D eigenvalue weighted by molar-refractivity contribution is 7.88. The monoisotopic (exact) mass is 254 g/mol. The summed E-state index contributed by atoms with van der Waals surface area (Å²) in [4.78, 5) is 3.90. The molecule has 7 heteroatoms. The number of nitriles is 1. The molecule has 0 fully saturated rings. The maximum atomic E-state index is 10.8. The van der Waals surface area contributed by atoms with Gasteiger partial charge < -0.3 is 5.32 Å². The zero-order chi connectivity index (χ0) is 12.7. The van der Waals surface area contributed by atoms with E-state index in [0.29, 0.717) is 25.2 Å². The molecule has 0 spiro atoms. The quantitative estimate of drug-likeness (QED) is 0.712. The fourth-order valence-corrected chi connectivity index (χ4v) is 1.66. The van der Waals surface area contributed by atoms with Crippen LogP contribution >= 0.6 is 0 Å². The van der Waals surface area contributed by atoms with Crippen LogP contribution in [-0.4, -0.2) is 32.7 Å². The van der Waals surface area contributed by atoms with Gasteiger partial charge in [-0.15, -0.1) is 0 Å². The lowest BCUT2D eigenvalue weighted by molar-refractivity contribution is 0.586.